The summed E-state index contributed by atoms with van der Waals surface area (Å²) >= 11 is 0. The molecule has 10 nitrogen and oxygen atoms in total. The highest BCUT2D eigenvalue weighted by molar-refractivity contribution is 5.97. The molecule has 2 aliphatic heterocycles. The third kappa shape index (κ3) is 5.80. The molecule has 1 aromatic heterocycles. The quantitative estimate of drug-likeness (QED) is 0.426. The van der Waals surface area contributed by atoms with E-state index >= 15 is 0 Å². The zero-order valence-electron chi connectivity index (χ0n) is 22.6. The Morgan fingerprint density at radius 1 is 0.975 bits per heavy atom. The molecule has 208 valence electrons. The zero-order valence-corrected chi connectivity index (χ0v) is 22.6. The fraction of sp³-hybridized carbons (Fsp3) is 0.400. The van der Waals surface area contributed by atoms with Crippen LogP contribution in [0.3, 0.4) is 0 Å². The van der Waals surface area contributed by atoms with E-state index in [1.165, 1.54) is 0 Å². The van der Waals surface area contributed by atoms with Gasteiger partial charge in [-0.05, 0) is 67.6 Å². The molecule has 2 amide bonds. The highest BCUT2D eigenvalue weighted by Crippen LogP contribution is 2.34. The number of carbonyl (C=O) groups is 2. The van der Waals surface area contributed by atoms with E-state index in [-0.39, 0.29) is 25.2 Å². The Morgan fingerprint density at radius 3 is 2.65 bits per heavy atom. The van der Waals surface area contributed by atoms with E-state index in [2.05, 4.69) is 15.1 Å². The number of ether oxygens (including phenoxy) is 3. The number of methoxy groups -OCH3 is 1. The van der Waals surface area contributed by atoms with E-state index < -0.39 is 0 Å². The lowest BCUT2D eigenvalue weighted by Crippen LogP contribution is -2.45. The average molecular weight is 544 g/mol. The van der Waals surface area contributed by atoms with Crippen molar-refractivity contribution in [1.82, 2.24) is 20.0 Å². The van der Waals surface area contributed by atoms with E-state index in [9.17, 15) is 9.59 Å². The van der Waals surface area contributed by atoms with Crippen LogP contribution in [0.5, 0.6) is 17.2 Å². The lowest BCUT2D eigenvalue weighted by Gasteiger charge is -2.27. The molecule has 6 rings (SSSR count). The van der Waals surface area contributed by atoms with Crippen LogP contribution >= 0.6 is 0 Å². The van der Waals surface area contributed by atoms with Crippen LogP contribution in [0.4, 0.5) is 5.82 Å². The summed E-state index contributed by atoms with van der Waals surface area (Å²) in [6, 6.07) is 16.9. The lowest BCUT2D eigenvalue weighted by atomic mass is 10.1. The van der Waals surface area contributed by atoms with E-state index in [4.69, 9.17) is 14.2 Å². The van der Waals surface area contributed by atoms with E-state index in [0.29, 0.717) is 49.2 Å². The standard InChI is InChI=1S/C30H33N5O5/c1-38-24-5-2-4-22(16-24)25-9-11-28(32-31-25)33-12-3-13-34(15-14-33)29(36)19-35(18-21-6-7-21)30(37)23-8-10-26-27(17-23)40-20-39-26/h2,4-5,8-11,16-17,21H,3,6-7,12-15,18-20H2,1H3. The van der Waals surface area contributed by atoms with Crippen LogP contribution in [0.15, 0.2) is 54.6 Å². The van der Waals surface area contributed by atoms with Crippen molar-refractivity contribution in [2.75, 3.05) is 58.1 Å². The monoisotopic (exact) mass is 543 g/mol. The van der Waals surface area contributed by atoms with Gasteiger partial charge in [0.15, 0.2) is 17.3 Å². The van der Waals surface area contributed by atoms with Crippen molar-refractivity contribution in [3.05, 3.63) is 60.2 Å². The molecule has 10 heteroatoms. The zero-order chi connectivity index (χ0) is 27.5. The highest BCUT2D eigenvalue weighted by Gasteiger charge is 2.31. The highest BCUT2D eigenvalue weighted by atomic mass is 16.7. The molecule has 1 aliphatic carbocycles. The number of nitrogens with zero attached hydrogens (tertiary/aromatic N) is 5. The predicted octanol–water partition coefficient (Wildman–Crippen LogP) is 3.47. The van der Waals surface area contributed by atoms with Crippen molar-refractivity contribution >= 4 is 17.6 Å². The summed E-state index contributed by atoms with van der Waals surface area (Å²) in [5, 5.41) is 8.91. The molecule has 0 radical (unpaired) electrons. The van der Waals surface area contributed by atoms with Gasteiger partial charge in [-0.15, -0.1) is 10.2 Å². The molecule has 0 spiro atoms. The van der Waals surface area contributed by atoms with Crippen molar-refractivity contribution < 1.29 is 23.8 Å². The Hall–Kier alpha value is -4.34. The third-order valence-corrected chi connectivity index (χ3v) is 7.60. The summed E-state index contributed by atoms with van der Waals surface area (Å²) in [5.74, 6) is 3.04. The Morgan fingerprint density at radius 2 is 1.85 bits per heavy atom. The number of aromatic nitrogens is 2. The molecule has 0 unspecified atom stereocenters. The number of anilines is 1. The van der Waals surface area contributed by atoms with Gasteiger partial charge in [-0.1, -0.05) is 12.1 Å². The molecule has 2 aromatic carbocycles. The number of benzene rings is 2. The number of fused-ring (bicyclic) bond motifs is 1. The summed E-state index contributed by atoms with van der Waals surface area (Å²) in [6.07, 6.45) is 2.99. The Bertz CT molecular complexity index is 1380. The molecule has 3 heterocycles. The third-order valence-electron chi connectivity index (χ3n) is 7.60. The molecule has 1 saturated carbocycles. The minimum Gasteiger partial charge on any atom is -0.497 e. The van der Waals surface area contributed by atoms with Crippen LogP contribution in [-0.4, -0.2) is 85.0 Å². The first-order chi connectivity index (χ1) is 19.6. The van der Waals surface area contributed by atoms with E-state index in [0.717, 1.165) is 48.6 Å². The number of hydrogen-bond acceptors (Lipinski definition) is 8. The van der Waals surface area contributed by atoms with Crippen LogP contribution in [0.25, 0.3) is 11.3 Å². The van der Waals surface area contributed by atoms with Gasteiger partial charge in [0.25, 0.3) is 5.91 Å². The summed E-state index contributed by atoms with van der Waals surface area (Å²) in [7, 11) is 1.64. The van der Waals surface area contributed by atoms with Gasteiger partial charge in [0.1, 0.15) is 12.3 Å². The maximum Gasteiger partial charge on any atom is 0.254 e. The fourth-order valence-corrected chi connectivity index (χ4v) is 5.13. The van der Waals surface area contributed by atoms with Crippen molar-refractivity contribution in [1.29, 1.82) is 0 Å². The van der Waals surface area contributed by atoms with Gasteiger partial charge in [-0.2, -0.15) is 0 Å². The summed E-state index contributed by atoms with van der Waals surface area (Å²) < 4.78 is 16.1. The van der Waals surface area contributed by atoms with Crippen molar-refractivity contribution in [3.63, 3.8) is 0 Å². The molecule has 40 heavy (non-hydrogen) atoms. The van der Waals surface area contributed by atoms with Gasteiger partial charge in [-0.25, -0.2) is 0 Å². The summed E-state index contributed by atoms with van der Waals surface area (Å²) in [5.41, 5.74) is 2.23. The van der Waals surface area contributed by atoms with E-state index in [1.807, 2.05) is 41.3 Å². The maximum absolute atomic E-state index is 13.4. The predicted molar refractivity (Wildman–Crippen MR) is 149 cm³/mol. The summed E-state index contributed by atoms with van der Waals surface area (Å²) in [4.78, 5) is 32.6. The smallest absolute Gasteiger partial charge is 0.254 e. The molecule has 3 aromatic rings. The van der Waals surface area contributed by atoms with Gasteiger partial charge in [-0.3, -0.25) is 9.59 Å². The Balaban J connectivity index is 1.08. The minimum absolute atomic E-state index is 0.0314. The van der Waals surface area contributed by atoms with Crippen molar-refractivity contribution in [3.8, 4) is 28.5 Å². The van der Waals surface area contributed by atoms with Gasteiger partial charge in [0, 0.05) is 43.9 Å². The van der Waals surface area contributed by atoms with Crippen LogP contribution < -0.4 is 19.1 Å². The molecule has 0 bridgehead atoms. The first-order valence-corrected chi connectivity index (χ1v) is 13.8. The SMILES string of the molecule is COc1cccc(-c2ccc(N3CCCN(C(=O)CN(CC4CC4)C(=O)c4ccc5c(c4)OCO5)CC3)nn2)c1. The number of amides is 2. The van der Waals surface area contributed by atoms with Gasteiger partial charge in [0.2, 0.25) is 12.7 Å². The first-order valence-electron chi connectivity index (χ1n) is 13.8. The normalized spacial score (nSPS) is 16.4. The van der Waals surface area contributed by atoms with Gasteiger partial charge >= 0.3 is 0 Å². The minimum atomic E-state index is -0.151. The maximum atomic E-state index is 13.4. The number of rotatable bonds is 8. The second-order valence-corrected chi connectivity index (χ2v) is 10.4. The Labute approximate surface area is 233 Å². The molecule has 2 fully saturated rings. The molecular formula is C30H33N5O5. The molecule has 0 N–H and O–H groups in total. The molecule has 1 saturated heterocycles. The van der Waals surface area contributed by atoms with Crippen LogP contribution in [0.2, 0.25) is 0 Å². The summed E-state index contributed by atoms with van der Waals surface area (Å²) in [6.45, 7) is 3.44. The van der Waals surface area contributed by atoms with Crippen molar-refractivity contribution in [2.45, 2.75) is 19.3 Å². The first kappa shape index (κ1) is 25.9. The van der Waals surface area contributed by atoms with Crippen LogP contribution in [0.1, 0.15) is 29.6 Å². The lowest BCUT2D eigenvalue weighted by molar-refractivity contribution is -0.131. The number of carbonyl (C=O) groups excluding carboxylic acids is 2. The van der Waals surface area contributed by atoms with Gasteiger partial charge < -0.3 is 28.9 Å². The van der Waals surface area contributed by atoms with Crippen LogP contribution in [-0.2, 0) is 4.79 Å². The Kier molecular flexibility index (Phi) is 7.39. The topological polar surface area (TPSA) is 97.3 Å². The molecule has 3 aliphatic rings. The molecule has 0 atom stereocenters. The average Bonchev–Trinajstić information content (AvgIpc) is 3.75. The number of hydrogen-bond donors (Lipinski definition) is 0. The largest absolute Gasteiger partial charge is 0.497 e. The second-order valence-electron chi connectivity index (χ2n) is 10.4. The molecular weight excluding hydrogens is 510 g/mol. The van der Waals surface area contributed by atoms with E-state index in [1.54, 1.807) is 30.2 Å². The van der Waals surface area contributed by atoms with Gasteiger partial charge in [0.05, 0.1) is 12.8 Å². The second kappa shape index (κ2) is 11.4. The van der Waals surface area contributed by atoms with Crippen LogP contribution in [0, 0.1) is 5.92 Å². The fourth-order valence-electron chi connectivity index (χ4n) is 5.13. The van der Waals surface area contributed by atoms with Crippen molar-refractivity contribution in [2.24, 2.45) is 5.92 Å².